The van der Waals surface area contributed by atoms with E-state index in [2.05, 4.69) is 127 Å². The van der Waals surface area contributed by atoms with Gasteiger partial charge in [0.05, 0.1) is 10.9 Å². The molecule has 6 aromatic carbocycles. The van der Waals surface area contributed by atoms with Crippen LogP contribution >= 0.6 is 0 Å². The van der Waals surface area contributed by atoms with Gasteiger partial charge in [-0.25, -0.2) is 0 Å². The highest BCUT2D eigenvalue weighted by Crippen LogP contribution is 2.35. The fourth-order valence-corrected chi connectivity index (χ4v) is 6.45. The Balaban J connectivity index is 1.59. The van der Waals surface area contributed by atoms with E-state index >= 15 is 0 Å². The van der Waals surface area contributed by atoms with Crippen LogP contribution in [0.25, 0.3) is 32.3 Å². The van der Waals surface area contributed by atoms with Crippen molar-refractivity contribution in [2.75, 3.05) is 0 Å². The van der Waals surface area contributed by atoms with Crippen LogP contribution in [0.5, 0.6) is 0 Å². The van der Waals surface area contributed by atoms with Gasteiger partial charge >= 0.3 is 0 Å². The van der Waals surface area contributed by atoms with E-state index in [0.717, 1.165) is 0 Å². The summed E-state index contributed by atoms with van der Waals surface area (Å²) >= 11 is 0. The molecule has 0 aliphatic heterocycles. The van der Waals surface area contributed by atoms with Crippen molar-refractivity contribution >= 4 is 43.2 Å². The van der Waals surface area contributed by atoms with Crippen LogP contribution < -0.4 is 0 Å². The van der Waals surface area contributed by atoms with Gasteiger partial charge in [-0.1, -0.05) is 72.8 Å². The van der Waals surface area contributed by atoms with Gasteiger partial charge in [-0.05, 0) is 68.7 Å². The number of benzene rings is 6. The van der Waals surface area contributed by atoms with Crippen molar-refractivity contribution in [2.45, 2.75) is 14.7 Å². The fourth-order valence-electron chi connectivity index (χ4n) is 4.29. The zero-order valence-corrected chi connectivity index (χ0v) is 17.8. The lowest BCUT2D eigenvalue weighted by Crippen LogP contribution is -2.05. The summed E-state index contributed by atoms with van der Waals surface area (Å²) in [4.78, 5) is 4.05. The number of rotatable bonds is 3. The van der Waals surface area contributed by atoms with Crippen LogP contribution in [0.1, 0.15) is 0 Å². The number of hydrogen-bond donors (Lipinski definition) is 0. The Morgan fingerprint density at radius 2 is 0.581 bits per heavy atom. The predicted octanol–water partition coefficient (Wildman–Crippen LogP) is 8.24. The van der Waals surface area contributed by atoms with E-state index in [1.54, 1.807) is 0 Å². The number of hydrogen-bond acceptors (Lipinski definition) is 0. The van der Waals surface area contributed by atoms with Crippen molar-refractivity contribution in [3.8, 4) is 0 Å². The van der Waals surface area contributed by atoms with Crippen LogP contribution in [0, 0.1) is 0 Å². The summed E-state index contributed by atoms with van der Waals surface area (Å²) in [7, 11) is -0.183. The fraction of sp³-hybridized carbons (Fsp3) is 0. The minimum Gasteiger partial charge on any atom is -0.0616 e. The molecule has 0 fully saturated rings. The zero-order chi connectivity index (χ0) is 20.6. The SMILES string of the molecule is c1ccc2cc([S+](c3ccc4ccccc4c3)c3ccc4ccccc4c3)ccc2c1. The highest BCUT2D eigenvalue weighted by atomic mass is 32.2. The Hall–Kier alpha value is -3.55. The Kier molecular flexibility index (Phi) is 4.48. The lowest BCUT2D eigenvalue weighted by atomic mass is 10.1. The average molecular weight is 414 g/mol. The molecule has 6 aromatic rings. The van der Waals surface area contributed by atoms with E-state index < -0.39 is 0 Å². The maximum Gasteiger partial charge on any atom is 0.167 e. The maximum absolute atomic E-state index is 2.36. The van der Waals surface area contributed by atoms with Crippen molar-refractivity contribution in [1.29, 1.82) is 0 Å². The molecule has 0 bridgehead atoms. The van der Waals surface area contributed by atoms with Gasteiger partial charge in [0.1, 0.15) is 0 Å². The van der Waals surface area contributed by atoms with Gasteiger partial charge in [0.2, 0.25) is 0 Å². The molecule has 0 atom stereocenters. The molecule has 0 amide bonds. The molecule has 0 aliphatic rings. The lowest BCUT2D eigenvalue weighted by molar-refractivity contribution is 1.35. The Bertz CT molecular complexity index is 1360. The first-order valence-electron chi connectivity index (χ1n) is 10.6. The molecule has 0 aliphatic carbocycles. The molecule has 31 heavy (non-hydrogen) atoms. The molecule has 0 unspecified atom stereocenters. The predicted molar refractivity (Wildman–Crippen MR) is 134 cm³/mol. The maximum atomic E-state index is 2.36. The summed E-state index contributed by atoms with van der Waals surface area (Å²) in [5.41, 5.74) is 0. The monoisotopic (exact) mass is 413 g/mol. The van der Waals surface area contributed by atoms with E-state index in [0.29, 0.717) is 0 Å². The summed E-state index contributed by atoms with van der Waals surface area (Å²) in [6.07, 6.45) is 0. The average Bonchev–Trinajstić information content (AvgIpc) is 2.84. The summed E-state index contributed by atoms with van der Waals surface area (Å²) in [5.74, 6) is 0. The first-order chi connectivity index (χ1) is 15.3. The van der Waals surface area contributed by atoms with Gasteiger partial charge < -0.3 is 0 Å². The van der Waals surface area contributed by atoms with Gasteiger partial charge in [-0.15, -0.1) is 0 Å². The van der Waals surface area contributed by atoms with Crippen LogP contribution in [0.4, 0.5) is 0 Å². The third-order valence-corrected chi connectivity index (χ3v) is 8.05. The van der Waals surface area contributed by atoms with Crippen molar-refractivity contribution in [2.24, 2.45) is 0 Å². The van der Waals surface area contributed by atoms with Crippen molar-refractivity contribution in [1.82, 2.24) is 0 Å². The van der Waals surface area contributed by atoms with Crippen molar-refractivity contribution < 1.29 is 0 Å². The second kappa shape index (κ2) is 7.61. The highest BCUT2D eigenvalue weighted by Gasteiger charge is 2.29. The Morgan fingerprint density at radius 1 is 0.290 bits per heavy atom. The molecule has 0 spiro atoms. The first-order valence-corrected chi connectivity index (χ1v) is 11.8. The minimum atomic E-state index is -0.183. The summed E-state index contributed by atoms with van der Waals surface area (Å²) < 4.78 is 0. The molecule has 0 N–H and O–H groups in total. The van der Waals surface area contributed by atoms with E-state index in [-0.39, 0.29) is 10.9 Å². The molecule has 146 valence electrons. The van der Waals surface area contributed by atoms with Crippen molar-refractivity contribution in [3.63, 3.8) is 0 Å². The van der Waals surface area contributed by atoms with E-state index in [9.17, 15) is 0 Å². The van der Waals surface area contributed by atoms with Crippen LogP contribution in [0.2, 0.25) is 0 Å². The van der Waals surface area contributed by atoms with Gasteiger partial charge in [0.15, 0.2) is 14.7 Å². The Labute approximate surface area is 185 Å². The second-order valence-electron chi connectivity index (χ2n) is 7.83. The Morgan fingerprint density at radius 3 is 0.903 bits per heavy atom. The lowest BCUT2D eigenvalue weighted by Gasteiger charge is -2.11. The number of fused-ring (bicyclic) bond motifs is 3. The molecule has 1 heteroatoms. The second-order valence-corrected chi connectivity index (χ2v) is 9.86. The standard InChI is InChI=1S/C30H21S/c1-4-10-25-19-28(16-13-22(25)7-1)31(29-17-14-23-8-2-5-11-26(23)20-29)30-18-15-24-9-3-6-12-27(24)21-30/h1-21H/q+1. The molecule has 0 saturated heterocycles. The van der Waals surface area contributed by atoms with E-state index in [1.165, 1.54) is 47.0 Å². The van der Waals surface area contributed by atoms with E-state index in [1.807, 2.05) is 0 Å². The van der Waals surface area contributed by atoms with E-state index in [4.69, 9.17) is 0 Å². The largest absolute Gasteiger partial charge is 0.167 e. The van der Waals surface area contributed by atoms with Gasteiger partial charge in [0, 0.05) is 18.2 Å². The molecule has 0 nitrogen and oxygen atoms in total. The third-order valence-electron chi connectivity index (χ3n) is 5.87. The quantitative estimate of drug-likeness (QED) is 0.256. The zero-order valence-electron chi connectivity index (χ0n) is 17.0. The minimum absolute atomic E-state index is 0.183. The summed E-state index contributed by atoms with van der Waals surface area (Å²) in [6.45, 7) is 0. The summed E-state index contributed by atoms with van der Waals surface area (Å²) in [5, 5.41) is 7.72. The molecule has 0 heterocycles. The highest BCUT2D eigenvalue weighted by molar-refractivity contribution is 7.97. The molecule has 0 radical (unpaired) electrons. The smallest absolute Gasteiger partial charge is 0.0616 e. The van der Waals surface area contributed by atoms with Crippen LogP contribution in [-0.4, -0.2) is 0 Å². The molecule has 6 rings (SSSR count). The molecular weight excluding hydrogens is 392 g/mol. The molecule has 0 saturated carbocycles. The van der Waals surface area contributed by atoms with Crippen LogP contribution in [0.15, 0.2) is 142 Å². The van der Waals surface area contributed by atoms with Gasteiger partial charge in [-0.3, -0.25) is 0 Å². The molecular formula is C30H21S+. The van der Waals surface area contributed by atoms with Crippen LogP contribution in [-0.2, 0) is 10.9 Å². The van der Waals surface area contributed by atoms with Crippen LogP contribution in [0.3, 0.4) is 0 Å². The normalized spacial score (nSPS) is 11.5. The van der Waals surface area contributed by atoms with Gasteiger partial charge in [-0.2, -0.15) is 0 Å². The molecule has 0 aromatic heterocycles. The van der Waals surface area contributed by atoms with Gasteiger partial charge in [0.25, 0.3) is 0 Å². The topological polar surface area (TPSA) is 0 Å². The summed E-state index contributed by atoms with van der Waals surface area (Å²) in [6, 6.07) is 46.6. The third kappa shape index (κ3) is 3.37. The van der Waals surface area contributed by atoms with Crippen molar-refractivity contribution in [3.05, 3.63) is 127 Å². The first kappa shape index (κ1) is 18.2.